The van der Waals surface area contributed by atoms with Crippen LogP contribution in [0, 0.1) is 0 Å². The molecule has 0 amide bonds. The van der Waals surface area contributed by atoms with Gasteiger partial charge in [-0.15, -0.1) is 0 Å². The minimum absolute atomic E-state index is 0.607. The van der Waals surface area contributed by atoms with Crippen LogP contribution in [0.3, 0.4) is 0 Å². The molecule has 0 radical (unpaired) electrons. The average Bonchev–Trinajstić information content (AvgIpc) is 3.99. The van der Waals surface area contributed by atoms with E-state index in [-0.39, 0.29) is 0 Å². The van der Waals surface area contributed by atoms with Gasteiger partial charge >= 0.3 is 0 Å². The van der Waals surface area contributed by atoms with Crippen molar-refractivity contribution in [2.75, 3.05) is 0 Å². The lowest BCUT2D eigenvalue weighted by molar-refractivity contribution is 0.666. The van der Waals surface area contributed by atoms with Crippen molar-refractivity contribution >= 4 is 98.3 Å². The van der Waals surface area contributed by atoms with E-state index in [0.29, 0.717) is 11.5 Å². The van der Waals surface area contributed by atoms with Gasteiger partial charge in [-0.05, 0) is 77.4 Å². The molecule has 262 valence electrons. The number of nitrogens with zero attached hydrogens (tertiary/aromatic N) is 4. The number of fused-ring (bicyclic) bond motifs is 14. The monoisotopic (exact) mass is 716 g/mol. The molecule has 5 nitrogen and oxygen atoms in total. The van der Waals surface area contributed by atoms with Crippen LogP contribution in [0.25, 0.3) is 116 Å². The van der Waals surface area contributed by atoms with Crippen LogP contribution in [0.4, 0.5) is 0 Å². The van der Waals surface area contributed by atoms with Crippen LogP contribution in [-0.2, 0) is 0 Å². The predicted octanol–water partition coefficient (Wildman–Crippen LogP) is 13.6. The lowest BCUT2D eigenvalue weighted by Crippen LogP contribution is -2.03. The first-order chi connectivity index (χ1) is 27.7. The van der Waals surface area contributed by atoms with Crippen molar-refractivity contribution in [1.82, 2.24) is 18.9 Å². The molecule has 0 unspecified atom stereocenters. The van der Waals surface area contributed by atoms with Gasteiger partial charge in [0.1, 0.15) is 16.8 Å². The van der Waals surface area contributed by atoms with E-state index >= 15 is 0 Å². The van der Waals surface area contributed by atoms with Gasteiger partial charge in [-0.25, -0.2) is 9.97 Å². The van der Waals surface area contributed by atoms with Crippen molar-refractivity contribution in [3.05, 3.63) is 176 Å². The maximum atomic E-state index is 6.59. The van der Waals surface area contributed by atoms with E-state index in [2.05, 4.69) is 156 Å². The fraction of sp³-hybridized carbons (Fsp3) is 0.0196. The molecule has 12 rings (SSSR count). The average molecular weight is 717 g/mol. The second-order valence-corrected chi connectivity index (χ2v) is 14.5. The van der Waals surface area contributed by atoms with E-state index in [4.69, 9.17) is 14.4 Å². The topological polar surface area (TPSA) is 48.3 Å². The first-order valence-corrected chi connectivity index (χ1v) is 19.0. The van der Waals surface area contributed by atoms with E-state index in [1.165, 1.54) is 49.0 Å². The molecule has 0 aliphatic heterocycles. The minimum Gasteiger partial charge on any atom is -0.452 e. The van der Waals surface area contributed by atoms with Crippen molar-refractivity contribution in [2.45, 2.75) is 6.92 Å². The summed E-state index contributed by atoms with van der Waals surface area (Å²) in [6, 6.07) is 49.8. The van der Waals surface area contributed by atoms with Gasteiger partial charge in [-0.2, -0.15) is 0 Å². The Morgan fingerprint density at radius 3 is 2.21 bits per heavy atom. The molecule has 0 bridgehead atoms. The van der Waals surface area contributed by atoms with Gasteiger partial charge in [-0.1, -0.05) is 122 Å². The highest BCUT2D eigenvalue weighted by Crippen LogP contribution is 2.47. The Labute approximate surface area is 320 Å². The molecule has 0 N–H and O–H groups in total. The van der Waals surface area contributed by atoms with Crippen LogP contribution >= 0.6 is 0 Å². The van der Waals surface area contributed by atoms with Crippen molar-refractivity contribution in [1.29, 1.82) is 0 Å². The zero-order valence-electron chi connectivity index (χ0n) is 30.5. The van der Waals surface area contributed by atoms with E-state index in [9.17, 15) is 0 Å². The Kier molecular flexibility index (Phi) is 6.35. The highest BCUT2D eigenvalue weighted by molar-refractivity contribution is 6.34. The van der Waals surface area contributed by atoms with Gasteiger partial charge in [0.25, 0.3) is 0 Å². The van der Waals surface area contributed by atoms with Gasteiger partial charge in [0.05, 0.1) is 27.6 Å². The highest BCUT2D eigenvalue weighted by Gasteiger charge is 2.26. The maximum Gasteiger partial charge on any atom is 0.236 e. The Bertz CT molecular complexity index is 3680. The Balaban J connectivity index is 1.25. The summed E-state index contributed by atoms with van der Waals surface area (Å²) in [6.45, 7) is 5.98. The number of hydrogen-bond donors (Lipinski definition) is 0. The maximum absolute atomic E-state index is 6.59. The number of aromatic nitrogens is 4. The zero-order chi connectivity index (χ0) is 37.1. The van der Waals surface area contributed by atoms with Crippen molar-refractivity contribution in [3.8, 4) is 17.2 Å². The smallest absolute Gasteiger partial charge is 0.236 e. The largest absolute Gasteiger partial charge is 0.452 e. The van der Waals surface area contributed by atoms with Crippen LogP contribution in [0.2, 0.25) is 0 Å². The number of benzene rings is 7. The molecule has 56 heavy (non-hydrogen) atoms. The molecule has 5 heterocycles. The van der Waals surface area contributed by atoms with Crippen LogP contribution < -0.4 is 0 Å². The molecule has 5 heteroatoms. The Hall–Kier alpha value is -7.50. The third kappa shape index (κ3) is 4.14. The summed E-state index contributed by atoms with van der Waals surface area (Å²) in [5.74, 6) is 0.607. The van der Waals surface area contributed by atoms with Crippen molar-refractivity contribution < 1.29 is 4.42 Å². The number of para-hydroxylation sites is 3. The Morgan fingerprint density at radius 2 is 1.36 bits per heavy atom. The van der Waals surface area contributed by atoms with Gasteiger partial charge in [0.15, 0.2) is 5.58 Å². The minimum atomic E-state index is 0.607. The third-order valence-electron chi connectivity index (χ3n) is 11.6. The molecule has 0 saturated heterocycles. The number of rotatable bonds is 5. The van der Waals surface area contributed by atoms with Crippen LogP contribution in [-0.4, -0.2) is 18.9 Å². The summed E-state index contributed by atoms with van der Waals surface area (Å²) in [5, 5.41) is 10.4. The Morgan fingerprint density at radius 1 is 0.625 bits per heavy atom. The summed E-state index contributed by atoms with van der Waals surface area (Å²) in [6.07, 6.45) is 8.10. The molecule has 0 fully saturated rings. The summed E-state index contributed by atoms with van der Waals surface area (Å²) < 4.78 is 11.3. The molecule has 0 atom stereocenters. The second kappa shape index (κ2) is 11.5. The molecule has 0 saturated carbocycles. The van der Waals surface area contributed by atoms with Gasteiger partial charge in [0.2, 0.25) is 5.95 Å². The molecule has 0 spiro atoms. The summed E-state index contributed by atoms with van der Waals surface area (Å²) >= 11 is 0. The van der Waals surface area contributed by atoms with Crippen LogP contribution in [0.15, 0.2) is 175 Å². The predicted molar refractivity (Wildman–Crippen MR) is 234 cm³/mol. The normalized spacial score (nSPS) is 12.8. The van der Waals surface area contributed by atoms with E-state index in [1.54, 1.807) is 0 Å². The molecule has 7 aromatic carbocycles. The number of allylic oxidation sites excluding steroid dienone is 5. The standard InChI is InChI=1S/C51H32N4O/c1-3-5-14-30(4-2)33-25-26-43-38(28-33)40-29-39-35-17-8-11-20-41(35)55(49(39)45-36-18-9-12-21-42(36)54(43)48(40)45)51-52-46(34-24-23-31-15-6-7-16-32(31)27-34)50-47(53-51)37-19-10-13-22-44(37)56-50/h3-29H,1H2,2H3/b14-5-,30-4+. The number of hydrogen-bond acceptors (Lipinski definition) is 3. The van der Waals surface area contributed by atoms with Crippen molar-refractivity contribution in [2.24, 2.45) is 0 Å². The lowest BCUT2D eigenvalue weighted by atomic mass is 9.99. The second-order valence-electron chi connectivity index (χ2n) is 14.5. The number of furan rings is 1. The molecular formula is C51H32N4O. The summed E-state index contributed by atoms with van der Waals surface area (Å²) in [4.78, 5) is 10.9. The highest BCUT2D eigenvalue weighted by atomic mass is 16.3. The fourth-order valence-corrected chi connectivity index (χ4v) is 9.14. The third-order valence-corrected chi connectivity index (χ3v) is 11.6. The molecule has 12 aromatic rings. The fourth-order valence-electron chi connectivity index (χ4n) is 9.14. The zero-order valence-corrected chi connectivity index (χ0v) is 30.5. The van der Waals surface area contributed by atoms with E-state index in [1.807, 2.05) is 30.4 Å². The van der Waals surface area contributed by atoms with E-state index in [0.717, 1.165) is 60.5 Å². The SMILES string of the molecule is C=C/C=C\C(=C/C)c1ccc2c(c1)c1cc3c4ccccc4n(-c4nc(-c5ccc6ccccc6c5)c5oc6ccccc6c5n4)c3c3c4ccccc4n2c13. The van der Waals surface area contributed by atoms with E-state index < -0.39 is 0 Å². The quantitative estimate of drug-likeness (QED) is 0.167. The first kappa shape index (κ1) is 30.9. The van der Waals surface area contributed by atoms with Gasteiger partial charge in [-0.3, -0.25) is 4.57 Å². The first-order valence-electron chi connectivity index (χ1n) is 19.0. The molecule has 0 aliphatic carbocycles. The van der Waals surface area contributed by atoms with Crippen molar-refractivity contribution in [3.63, 3.8) is 0 Å². The molecular weight excluding hydrogens is 685 g/mol. The van der Waals surface area contributed by atoms with Gasteiger partial charge in [0, 0.05) is 43.3 Å². The summed E-state index contributed by atoms with van der Waals surface area (Å²) in [5.41, 5.74) is 12.0. The molecule has 5 aromatic heterocycles. The van der Waals surface area contributed by atoms with Gasteiger partial charge < -0.3 is 8.82 Å². The van der Waals surface area contributed by atoms with Crippen LogP contribution in [0.5, 0.6) is 0 Å². The summed E-state index contributed by atoms with van der Waals surface area (Å²) in [7, 11) is 0. The molecule has 0 aliphatic rings. The lowest BCUT2D eigenvalue weighted by Gasteiger charge is -2.11. The van der Waals surface area contributed by atoms with Crippen LogP contribution in [0.1, 0.15) is 12.5 Å².